The Morgan fingerprint density at radius 3 is 2.63 bits per heavy atom. The maximum Gasteiger partial charge on any atom is 0.262 e. The Morgan fingerprint density at radius 1 is 1.11 bits per heavy atom. The van der Waals surface area contributed by atoms with Crippen molar-refractivity contribution in [1.29, 1.82) is 0 Å². The SMILES string of the molecule is CCCCn1c(SCC(=O)NCc2ccccc2)nc2ccccc2c1=O. The van der Waals surface area contributed by atoms with Crippen LogP contribution in [0.25, 0.3) is 10.9 Å². The van der Waals surface area contributed by atoms with Gasteiger partial charge in [-0.2, -0.15) is 0 Å². The van der Waals surface area contributed by atoms with E-state index in [0.717, 1.165) is 18.4 Å². The van der Waals surface area contributed by atoms with Crippen molar-refractivity contribution in [3.63, 3.8) is 0 Å². The Balaban J connectivity index is 1.73. The minimum atomic E-state index is -0.0756. The first-order valence-corrected chi connectivity index (χ1v) is 10.1. The van der Waals surface area contributed by atoms with Crippen molar-refractivity contribution in [2.24, 2.45) is 0 Å². The molecule has 0 atom stereocenters. The summed E-state index contributed by atoms with van der Waals surface area (Å²) in [5.41, 5.74) is 1.68. The van der Waals surface area contributed by atoms with Crippen LogP contribution in [-0.2, 0) is 17.9 Å². The molecule has 0 aliphatic rings. The highest BCUT2D eigenvalue weighted by Gasteiger charge is 2.13. The molecule has 2 aromatic carbocycles. The molecule has 27 heavy (non-hydrogen) atoms. The van der Waals surface area contributed by atoms with Crippen molar-refractivity contribution >= 4 is 28.6 Å². The van der Waals surface area contributed by atoms with E-state index in [9.17, 15) is 9.59 Å². The Bertz CT molecular complexity index is 970. The third kappa shape index (κ3) is 4.98. The van der Waals surface area contributed by atoms with Gasteiger partial charge in [-0.1, -0.05) is 67.6 Å². The van der Waals surface area contributed by atoms with Crippen molar-refractivity contribution in [1.82, 2.24) is 14.9 Å². The number of thioether (sulfide) groups is 1. The van der Waals surface area contributed by atoms with Crippen molar-refractivity contribution < 1.29 is 4.79 Å². The highest BCUT2D eigenvalue weighted by atomic mass is 32.2. The van der Waals surface area contributed by atoms with Gasteiger partial charge in [-0.3, -0.25) is 14.2 Å². The largest absolute Gasteiger partial charge is 0.351 e. The van der Waals surface area contributed by atoms with E-state index in [-0.39, 0.29) is 17.2 Å². The number of nitrogens with zero attached hydrogens (tertiary/aromatic N) is 2. The summed E-state index contributed by atoms with van der Waals surface area (Å²) in [6.07, 6.45) is 1.88. The fraction of sp³-hybridized carbons (Fsp3) is 0.286. The minimum Gasteiger partial charge on any atom is -0.351 e. The lowest BCUT2D eigenvalue weighted by Gasteiger charge is -2.12. The van der Waals surface area contributed by atoms with E-state index in [1.54, 1.807) is 10.6 Å². The van der Waals surface area contributed by atoms with Crippen LogP contribution >= 0.6 is 11.8 Å². The van der Waals surface area contributed by atoms with Gasteiger partial charge in [0.05, 0.1) is 16.7 Å². The Hall–Kier alpha value is -2.60. The van der Waals surface area contributed by atoms with Crippen LogP contribution in [0.2, 0.25) is 0 Å². The van der Waals surface area contributed by atoms with Gasteiger partial charge in [0.15, 0.2) is 5.16 Å². The van der Waals surface area contributed by atoms with Crippen molar-refractivity contribution in [3.8, 4) is 0 Å². The molecule has 1 N–H and O–H groups in total. The number of nitrogens with one attached hydrogen (secondary N) is 1. The molecule has 140 valence electrons. The summed E-state index contributed by atoms with van der Waals surface area (Å²) >= 11 is 1.31. The number of rotatable bonds is 8. The van der Waals surface area contributed by atoms with Gasteiger partial charge in [0.1, 0.15) is 0 Å². The first kappa shape index (κ1) is 19.2. The number of benzene rings is 2. The topological polar surface area (TPSA) is 64.0 Å². The Morgan fingerprint density at radius 2 is 1.85 bits per heavy atom. The lowest BCUT2D eigenvalue weighted by atomic mass is 10.2. The van der Waals surface area contributed by atoms with E-state index in [2.05, 4.69) is 17.2 Å². The fourth-order valence-electron chi connectivity index (χ4n) is 2.75. The molecule has 0 bridgehead atoms. The summed E-state index contributed by atoms with van der Waals surface area (Å²) in [7, 11) is 0. The number of carbonyl (C=O) groups is 1. The van der Waals surface area contributed by atoms with Gasteiger partial charge in [-0.25, -0.2) is 4.98 Å². The predicted molar refractivity (Wildman–Crippen MR) is 110 cm³/mol. The zero-order valence-electron chi connectivity index (χ0n) is 15.4. The standard InChI is InChI=1S/C21H23N3O2S/c1-2-3-13-24-20(26)17-11-7-8-12-18(17)23-21(24)27-15-19(25)22-14-16-9-5-4-6-10-16/h4-12H,2-3,13-15H2,1H3,(H,22,25). The van der Waals surface area contributed by atoms with E-state index < -0.39 is 0 Å². The second-order valence-electron chi connectivity index (χ2n) is 6.27. The van der Waals surface area contributed by atoms with E-state index in [0.29, 0.717) is 29.1 Å². The van der Waals surface area contributed by atoms with E-state index in [1.165, 1.54) is 11.8 Å². The maximum atomic E-state index is 12.8. The van der Waals surface area contributed by atoms with Crippen LogP contribution in [0.15, 0.2) is 64.5 Å². The Labute approximate surface area is 162 Å². The molecule has 0 saturated carbocycles. The molecule has 0 aliphatic heterocycles. The van der Waals surface area contributed by atoms with Crippen LogP contribution in [0.5, 0.6) is 0 Å². The van der Waals surface area contributed by atoms with Gasteiger partial charge >= 0.3 is 0 Å². The minimum absolute atomic E-state index is 0.0405. The normalized spacial score (nSPS) is 10.9. The summed E-state index contributed by atoms with van der Waals surface area (Å²) in [6.45, 7) is 3.19. The predicted octanol–water partition coefficient (Wildman–Crippen LogP) is 3.61. The summed E-state index contributed by atoms with van der Waals surface area (Å²) in [5.74, 6) is 0.150. The molecular weight excluding hydrogens is 358 g/mol. The molecule has 6 heteroatoms. The van der Waals surface area contributed by atoms with Crippen molar-refractivity contribution in [2.75, 3.05) is 5.75 Å². The summed E-state index contributed by atoms with van der Waals surface area (Å²) in [4.78, 5) is 29.7. The smallest absolute Gasteiger partial charge is 0.262 e. The molecule has 1 heterocycles. The number of unbranched alkanes of at least 4 members (excludes halogenated alkanes) is 1. The average Bonchev–Trinajstić information content (AvgIpc) is 2.71. The molecule has 0 aliphatic carbocycles. The summed E-state index contributed by atoms with van der Waals surface area (Å²) < 4.78 is 1.70. The van der Waals surface area contributed by atoms with Gasteiger partial charge in [-0.15, -0.1) is 0 Å². The molecular formula is C21H23N3O2S. The van der Waals surface area contributed by atoms with Gasteiger partial charge in [0.2, 0.25) is 5.91 Å². The highest BCUT2D eigenvalue weighted by molar-refractivity contribution is 7.99. The van der Waals surface area contributed by atoms with Crippen LogP contribution in [0, 0.1) is 0 Å². The molecule has 1 amide bonds. The maximum absolute atomic E-state index is 12.8. The molecule has 0 radical (unpaired) electrons. The molecule has 0 fully saturated rings. The average molecular weight is 382 g/mol. The van der Waals surface area contributed by atoms with Gasteiger partial charge < -0.3 is 5.32 Å². The van der Waals surface area contributed by atoms with Crippen LogP contribution < -0.4 is 10.9 Å². The molecule has 0 unspecified atom stereocenters. The van der Waals surface area contributed by atoms with Crippen molar-refractivity contribution in [3.05, 3.63) is 70.5 Å². The van der Waals surface area contributed by atoms with E-state index in [4.69, 9.17) is 0 Å². The van der Waals surface area contributed by atoms with Crippen LogP contribution in [0.3, 0.4) is 0 Å². The third-order valence-electron chi connectivity index (χ3n) is 4.23. The lowest BCUT2D eigenvalue weighted by molar-refractivity contribution is -0.118. The van der Waals surface area contributed by atoms with Crippen molar-refractivity contribution in [2.45, 2.75) is 38.0 Å². The number of para-hydroxylation sites is 1. The molecule has 5 nitrogen and oxygen atoms in total. The van der Waals surface area contributed by atoms with E-state index in [1.807, 2.05) is 48.5 Å². The van der Waals surface area contributed by atoms with Gasteiger partial charge in [0, 0.05) is 13.1 Å². The Kier molecular flexibility index (Phi) is 6.65. The fourth-order valence-corrected chi connectivity index (χ4v) is 3.60. The summed E-state index contributed by atoms with van der Waals surface area (Å²) in [6, 6.07) is 17.1. The summed E-state index contributed by atoms with van der Waals surface area (Å²) in [5, 5.41) is 4.12. The second kappa shape index (κ2) is 9.37. The number of carbonyl (C=O) groups excluding carboxylic acids is 1. The number of hydrogen-bond donors (Lipinski definition) is 1. The van der Waals surface area contributed by atoms with Crippen LogP contribution in [0.1, 0.15) is 25.3 Å². The number of fused-ring (bicyclic) bond motifs is 1. The number of aromatic nitrogens is 2. The monoisotopic (exact) mass is 381 g/mol. The number of hydrogen-bond acceptors (Lipinski definition) is 4. The molecule has 0 saturated heterocycles. The zero-order valence-corrected chi connectivity index (χ0v) is 16.2. The quantitative estimate of drug-likeness (QED) is 0.478. The third-order valence-corrected chi connectivity index (χ3v) is 5.20. The first-order valence-electron chi connectivity index (χ1n) is 9.12. The molecule has 0 spiro atoms. The zero-order chi connectivity index (χ0) is 19.1. The van der Waals surface area contributed by atoms with Crippen LogP contribution in [-0.4, -0.2) is 21.2 Å². The lowest BCUT2D eigenvalue weighted by Crippen LogP contribution is -2.26. The molecule has 1 aromatic heterocycles. The number of amides is 1. The van der Waals surface area contributed by atoms with Crippen LogP contribution in [0.4, 0.5) is 0 Å². The second-order valence-corrected chi connectivity index (χ2v) is 7.22. The highest BCUT2D eigenvalue weighted by Crippen LogP contribution is 2.18. The van der Waals surface area contributed by atoms with E-state index >= 15 is 0 Å². The molecule has 3 aromatic rings. The van der Waals surface area contributed by atoms with Gasteiger partial charge in [0.25, 0.3) is 5.56 Å². The molecule has 3 rings (SSSR count). The van der Waals surface area contributed by atoms with Gasteiger partial charge in [-0.05, 0) is 24.1 Å². The first-order chi connectivity index (χ1) is 13.2.